The lowest BCUT2D eigenvalue weighted by atomic mass is 9.72. The van der Waals surface area contributed by atoms with Crippen LogP contribution in [0.3, 0.4) is 0 Å². The van der Waals surface area contributed by atoms with E-state index in [-0.39, 0.29) is 23.3 Å². The fourth-order valence-electron chi connectivity index (χ4n) is 4.17. The van der Waals surface area contributed by atoms with E-state index in [9.17, 15) is 9.59 Å². The molecule has 2 aromatic rings. The van der Waals surface area contributed by atoms with E-state index in [0.29, 0.717) is 33.6 Å². The second kappa shape index (κ2) is 7.31. The van der Waals surface area contributed by atoms with E-state index in [2.05, 4.69) is 31.4 Å². The molecular weight excluding hydrogens is 384 g/mol. The van der Waals surface area contributed by atoms with Gasteiger partial charge in [0.15, 0.2) is 0 Å². The van der Waals surface area contributed by atoms with Crippen LogP contribution in [-0.2, 0) is 12.8 Å². The summed E-state index contributed by atoms with van der Waals surface area (Å²) < 4.78 is 5.51. The van der Waals surface area contributed by atoms with E-state index in [1.54, 1.807) is 24.3 Å². The highest BCUT2D eigenvalue weighted by Gasteiger charge is 2.35. The second-order valence-electron chi connectivity index (χ2n) is 9.54. The molecule has 0 saturated heterocycles. The number of carbonyl (C=O) groups is 2. The van der Waals surface area contributed by atoms with Crippen molar-refractivity contribution in [2.45, 2.75) is 72.8 Å². The predicted molar refractivity (Wildman–Crippen MR) is 116 cm³/mol. The van der Waals surface area contributed by atoms with Crippen LogP contribution < -0.4 is 10.6 Å². The quantitative estimate of drug-likeness (QED) is 0.717. The first-order valence-electron chi connectivity index (χ1n) is 10.5. The van der Waals surface area contributed by atoms with Gasteiger partial charge in [0.05, 0.1) is 11.1 Å². The van der Waals surface area contributed by atoms with Gasteiger partial charge in [0.2, 0.25) is 0 Å². The first-order valence-corrected chi connectivity index (χ1v) is 11.3. The number of anilines is 1. The maximum absolute atomic E-state index is 13.0. The maximum atomic E-state index is 13.0. The Balaban J connectivity index is 1.66. The topological polar surface area (TPSA) is 71.3 Å². The molecule has 6 heteroatoms. The molecule has 2 aromatic heterocycles. The van der Waals surface area contributed by atoms with Crippen LogP contribution in [0.2, 0.25) is 0 Å². The van der Waals surface area contributed by atoms with Crippen molar-refractivity contribution in [2.24, 2.45) is 11.3 Å². The molecule has 2 amide bonds. The Hall–Kier alpha value is -2.08. The lowest BCUT2D eigenvalue weighted by molar-refractivity contribution is 0.0950. The van der Waals surface area contributed by atoms with E-state index in [1.807, 2.05) is 6.92 Å². The van der Waals surface area contributed by atoms with E-state index in [4.69, 9.17) is 4.42 Å². The van der Waals surface area contributed by atoms with Gasteiger partial charge in [-0.05, 0) is 68.9 Å². The van der Waals surface area contributed by atoms with Crippen LogP contribution in [0.1, 0.15) is 82.7 Å². The van der Waals surface area contributed by atoms with Gasteiger partial charge in [-0.2, -0.15) is 0 Å². The number of hydrogen-bond donors (Lipinski definition) is 2. The summed E-state index contributed by atoms with van der Waals surface area (Å²) >= 11 is 1.57. The molecule has 1 saturated carbocycles. The minimum Gasteiger partial charge on any atom is -0.466 e. The lowest BCUT2D eigenvalue weighted by Gasteiger charge is -2.33. The third kappa shape index (κ3) is 4.13. The summed E-state index contributed by atoms with van der Waals surface area (Å²) in [7, 11) is 0. The first-order chi connectivity index (χ1) is 13.6. The van der Waals surface area contributed by atoms with Crippen molar-refractivity contribution >= 4 is 28.2 Å². The summed E-state index contributed by atoms with van der Waals surface area (Å²) in [5, 5.41) is 6.81. The van der Waals surface area contributed by atoms with Crippen molar-refractivity contribution < 1.29 is 14.0 Å². The summed E-state index contributed by atoms with van der Waals surface area (Å²) in [6.45, 7) is 10.5. The molecular formula is C23H30N2O3S. The highest BCUT2D eigenvalue weighted by molar-refractivity contribution is 7.17. The van der Waals surface area contributed by atoms with E-state index in [0.717, 1.165) is 37.7 Å². The van der Waals surface area contributed by atoms with E-state index >= 15 is 0 Å². The van der Waals surface area contributed by atoms with Gasteiger partial charge in [0.25, 0.3) is 11.8 Å². The zero-order chi connectivity index (χ0) is 20.9. The number of fused-ring (bicyclic) bond motifs is 1. The number of furan rings is 1. The van der Waals surface area contributed by atoms with Gasteiger partial charge in [-0.15, -0.1) is 11.3 Å². The third-order valence-electron chi connectivity index (χ3n) is 6.14. The third-order valence-corrected chi connectivity index (χ3v) is 7.31. The Labute approximate surface area is 176 Å². The molecule has 4 rings (SSSR count). The monoisotopic (exact) mass is 414 g/mol. The van der Waals surface area contributed by atoms with Gasteiger partial charge in [-0.25, -0.2) is 0 Å². The Bertz CT molecular complexity index is 960. The zero-order valence-electron chi connectivity index (χ0n) is 17.9. The van der Waals surface area contributed by atoms with Crippen LogP contribution in [-0.4, -0.2) is 17.9 Å². The number of amides is 2. The van der Waals surface area contributed by atoms with E-state index < -0.39 is 0 Å². The standard InChI is InChI=1S/C23H30N2O3S/c1-12-10-17(13(2)28-12)20(26)25-22-19(21(27)24-15-7-8-15)16-9-6-14(23(3,4)5)11-18(16)29-22/h10,14-15H,6-9,11H2,1-5H3,(H,24,27)(H,25,26)/t14-/m1/s1. The molecule has 2 aliphatic rings. The fourth-order valence-corrected chi connectivity index (χ4v) is 5.49. The Morgan fingerprint density at radius 2 is 1.86 bits per heavy atom. The Morgan fingerprint density at radius 1 is 1.14 bits per heavy atom. The fraction of sp³-hybridized carbons (Fsp3) is 0.565. The van der Waals surface area contributed by atoms with Gasteiger partial charge in [-0.3, -0.25) is 9.59 Å². The lowest BCUT2D eigenvalue weighted by Crippen LogP contribution is -2.29. The molecule has 0 bridgehead atoms. The summed E-state index contributed by atoms with van der Waals surface area (Å²) in [5.74, 6) is 1.62. The molecule has 1 fully saturated rings. The molecule has 2 heterocycles. The van der Waals surface area contributed by atoms with Crippen LogP contribution in [0.4, 0.5) is 5.00 Å². The second-order valence-corrected chi connectivity index (χ2v) is 10.6. The molecule has 5 nitrogen and oxygen atoms in total. The molecule has 1 atom stereocenters. The van der Waals surface area contributed by atoms with Crippen LogP contribution in [0.5, 0.6) is 0 Å². The van der Waals surface area contributed by atoms with Crippen molar-refractivity contribution in [3.05, 3.63) is 39.2 Å². The van der Waals surface area contributed by atoms with Crippen LogP contribution in [0.25, 0.3) is 0 Å². The number of rotatable bonds is 4. The predicted octanol–water partition coefficient (Wildman–Crippen LogP) is 5.25. The van der Waals surface area contributed by atoms with Gasteiger partial charge >= 0.3 is 0 Å². The Kier molecular flexibility index (Phi) is 5.09. The van der Waals surface area contributed by atoms with Crippen LogP contribution >= 0.6 is 11.3 Å². The largest absolute Gasteiger partial charge is 0.466 e. The van der Waals surface area contributed by atoms with Crippen LogP contribution in [0, 0.1) is 25.2 Å². The van der Waals surface area contributed by atoms with Gasteiger partial charge in [0.1, 0.15) is 16.5 Å². The van der Waals surface area contributed by atoms with Crippen molar-refractivity contribution in [1.82, 2.24) is 5.32 Å². The molecule has 0 aromatic carbocycles. The number of carbonyl (C=O) groups excluding carboxylic acids is 2. The zero-order valence-corrected chi connectivity index (χ0v) is 18.7. The number of thiophene rings is 1. The number of hydrogen-bond acceptors (Lipinski definition) is 4. The SMILES string of the molecule is Cc1cc(C(=O)Nc2sc3c(c2C(=O)NC2CC2)CC[C@@H](C(C)(C)C)C3)c(C)o1. The molecule has 2 aliphatic carbocycles. The Morgan fingerprint density at radius 3 is 2.45 bits per heavy atom. The van der Waals surface area contributed by atoms with Gasteiger partial charge in [0, 0.05) is 10.9 Å². The van der Waals surface area contributed by atoms with Gasteiger partial charge in [-0.1, -0.05) is 20.8 Å². The molecule has 0 aliphatic heterocycles. The van der Waals surface area contributed by atoms with Crippen molar-refractivity contribution in [2.75, 3.05) is 5.32 Å². The smallest absolute Gasteiger partial charge is 0.259 e. The number of aryl methyl sites for hydroxylation is 2. The first kappa shape index (κ1) is 20.2. The van der Waals surface area contributed by atoms with Crippen molar-refractivity contribution in [3.8, 4) is 0 Å². The molecule has 0 unspecified atom stereocenters. The van der Waals surface area contributed by atoms with Crippen molar-refractivity contribution in [1.29, 1.82) is 0 Å². The average Bonchev–Trinajstić information content (AvgIpc) is 3.26. The summed E-state index contributed by atoms with van der Waals surface area (Å²) in [6.07, 6.45) is 5.01. The van der Waals surface area contributed by atoms with Crippen molar-refractivity contribution in [3.63, 3.8) is 0 Å². The normalized spacial score (nSPS) is 19.0. The van der Waals surface area contributed by atoms with E-state index in [1.165, 1.54) is 4.88 Å². The highest BCUT2D eigenvalue weighted by atomic mass is 32.1. The molecule has 0 spiro atoms. The molecule has 0 radical (unpaired) electrons. The summed E-state index contributed by atoms with van der Waals surface area (Å²) in [4.78, 5) is 27.2. The van der Waals surface area contributed by atoms with Crippen LogP contribution in [0.15, 0.2) is 10.5 Å². The maximum Gasteiger partial charge on any atom is 0.259 e. The molecule has 29 heavy (non-hydrogen) atoms. The number of nitrogens with one attached hydrogen (secondary N) is 2. The summed E-state index contributed by atoms with van der Waals surface area (Å²) in [6, 6.07) is 2.03. The molecule has 2 N–H and O–H groups in total. The minimum absolute atomic E-state index is 0.0467. The minimum atomic E-state index is -0.217. The highest BCUT2D eigenvalue weighted by Crippen LogP contribution is 2.44. The van der Waals surface area contributed by atoms with Gasteiger partial charge < -0.3 is 15.1 Å². The molecule has 156 valence electrons. The summed E-state index contributed by atoms with van der Waals surface area (Å²) in [5.41, 5.74) is 2.56. The average molecular weight is 415 g/mol.